The molecule has 38 heavy (non-hydrogen) atoms. The Balaban J connectivity index is 1.48. The van der Waals surface area contributed by atoms with E-state index < -0.39 is 12.0 Å². The number of ether oxygens (including phenoxy) is 1. The SMILES string of the molecule is CC(CCc1ccccc1)N(Cc1ccccc1)CC(O)c1ccc(OCc2ccccc2)c(C(N)=O)c1. The largest absolute Gasteiger partial charge is 0.488 e. The first-order valence-corrected chi connectivity index (χ1v) is 13.1. The highest BCUT2D eigenvalue weighted by Crippen LogP contribution is 2.26. The fraction of sp³-hybridized carbons (Fsp3) is 0.242. The number of aryl methyl sites for hydroxylation is 1. The maximum atomic E-state index is 12.2. The van der Waals surface area contributed by atoms with Crippen molar-refractivity contribution < 1.29 is 14.6 Å². The van der Waals surface area contributed by atoms with Crippen molar-refractivity contribution in [1.82, 2.24) is 4.90 Å². The Hall–Kier alpha value is -3.93. The molecule has 0 aliphatic heterocycles. The quantitative estimate of drug-likeness (QED) is 0.235. The summed E-state index contributed by atoms with van der Waals surface area (Å²) in [5, 5.41) is 11.3. The molecule has 2 unspecified atom stereocenters. The van der Waals surface area contributed by atoms with E-state index >= 15 is 0 Å². The van der Waals surface area contributed by atoms with Crippen LogP contribution in [0.1, 0.15) is 52.1 Å². The Morgan fingerprint density at radius 3 is 2.03 bits per heavy atom. The summed E-state index contributed by atoms with van der Waals surface area (Å²) in [7, 11) is 0. The van der Waals surface area contributed by atoms with Crippen LogP contribution in [-0.2, 0) is 19.6 Å². The molecule has 0 aliphatic rings. The number of aliphatic hydroxyl groups excluding tert-OH is 1. The normalized spacial score (nSPS) is 12.7. The van der Waals surface area contributed by atoms with Crippen LogP contribution in [0.4, 0.5) is 0 Å². The number of aliphatic hydroxyl groups is 1. The lowest BCUT2D eigenvalue weighted by molar-refractivity contribution is 0.0832. The highest BCUT2D eigenvalue weighted by molar-refractivity contribution is 5.95. The number of carbonyl (C=O) groups is 1. The molecule has 1 amide bonds. The van der Waals surface area contributed by atoms with E-state index in [2.05, 4.69) is 48.2 Å². The average molecular weight is 509 g/mol. The minimum Gasteiger partial charge on any atom is -0.488 e. The number of hydrogen-bond acceptors (Lipinski definition) is 4. The van der Waals surface area contributed by atoms with E-state index in [4.69, 9.17) is 10.5 Å². The lowest BCUT2D eigenvalue weighted by atomic mass is 10.0. The number of benzene rings is 4. The van der Waals surface area contributed by atoms with Crippen molar-refractivity contribution in [2.24, 2.45) is 5.73 Å². The van der Waals surface area contributed by atoms with Crippen LogP contribution in [0, 0.1) is 0 Å². The number of hydrogen-bond donors (Lipinski definition) is 2. The third kappa shape index (κ3) is 7.78. The van der Waals surface area contributed by atoms with Crippen LogP contribution in [0.5, 0.6) is 5.75 Å². The molecule has 5 heteroatoms. The summed E-state index contributed by atoms with van der Waals surface area (Å²) in [5.74, 6) is -0.172. The van der Waals surface area contributed by atoms with Crippen molar-refractivity contribution in [2.75, 3.05) is 6.54 Å². The second-order valence-electron chi connectivity index (χ2n) is 9.70. The van der Waals surface area contributed by atoms with Crippen molar-refractivity contribution in [3.05, 3.63) is 137 Å². The standard InChI is InChI=1S/C33H36N2O3/c1-25(17-18-26-11-5-2-6-12-26)35(22-27-13-7-3-8-14-27)23-31(36)29-19-20-32(30(21-29)33(34)37)38-24-28-15-9-4-10-16-28/h2-16,19-21,25,31,36H,17-18,22-24H2,1H3,(H2,34,37). The smallest absolute Gasteiger partial charge is 0.252 e. The third-order valence-corrected chi connectivity index (χ3v) is 6.84. The highest BCUT2D eigenvalue weighted by atomic mass is 16.5. The lowest BCUT2D eigenvalue weighted by Crippen LogP contribution is -2.36. The molecule has 3 N–H and O–H groups in total. The first kappa shape index (κ1) is 27.1. The van der Waals surface area contributed by atoms with Gasteiger partial charge in [0.15, 0.2) is 0 Å². The molecule has 0 saturated heterocycles. The van der Waals surface area contributed by atoms with Gasteiger partial charge in [-0.05, 0) is 54.2 Å². The van der Waals surface area contributed by atoms with E-state index in [1.54, 1.807) is 12.1 Å². The van der Waals surface area contributed by atoms with Gasteiger partial charge in [0.1, 0.15) is 12.4 Å². The average Bonchev–Trinajstić information content (AvgIpc) is 2.96. The maximum absolute atomic E-state index is 12.2. The van der Waals surface area contributed by atoms with Gasteiger partial charge in [0.2, 0.25) is 0 Å². The molecule has 0 saturated carbocycles. The number of carbonyl (C=O) groups excluding carboxylic acids is 1. The van der Waals surface area contributed by atoms with Gasteiger partial charge >= 0.3 is 0 Å². The molecule has 4 aromatic carbocycles. The number of rotatable bonds is 13. The van der Waals surface area contributed by atoms with E-state index in [-0.39, 0.29) is 11.6 Å². The van der Waals surface area contributed by atoms with E-state index in [9.17, 15) is 9.90 Å². The molecule has 4 aromatic rings. The zero-order valence-electron chi connectivity index (χ0n) is 21.9. The van der Waals surface area contributed by atoms with Crippen LogP contribution in [0.2, 0.25) is 0 Å². The number of amides is 1. The van der Waals surface area contributed by atoms with Crippen molar-refractivity contribution in [2.45, 2.75) is 45.1 Å². The van der Waals surface area contributed by atoms with Gasteiger partial charge in [0.05, 0.1) is 11.7 Å². The zero-order chi connectivity index (χ0) is 26.7. The molecule has 4 rings (SSSR count). The van der Waals surface area contributed by atoms with E-state index in [1.165, 1.54) is 11.1 Å². The van der Waals surface area contributed by atoms with E-state index in [0.29, 0.717) is 24.5 Å². The molecule has 0 bridgehead atoms. The van der Waals surface area contributed by atoms with Gasteiger partial charge in [0.25, 0.3) is 5.91 Å². The highest BCUT2D eigenvalue weighted by Gasteiger charge is 2.21. The summed E-state index contributed by atoms with van der Waals surface area (Å²) in [6, 6.07) is 35.9. The van der Waals surface area contributed by atoms with Crippen molar-refractivity contribution in [3.8, 4) is 5.75 Å². The van der Waals surface area contributed by atoms with Crippen LogP contribution < -0.4 is 10.5 Å². The molecule has 2 atom stereocenters. The van der Waals surface area contributed by atoms with Gasteiger partial charge in [-0.15, -0.1) is 0 Å². The summed E-state index contributed by atoms with van der Waals surface area (Å²) >= 11 is 0. The van der Waals surface area contributed by atoms with Gasteiger partial charge < -0.3 is 15.6 Å². The van der Waals surface area contributed by atoms with Gasteiger partial charge in [-0.2, -0.15) is 0 Å². The van der Waals surface area contributed by atoms with Crippen LogP contribution in [-0.4, -0.2) is 28.5 Å². The van der Waals surface area contributed by atoms with E-state index in [0.717, 1.165) is 24.9 Å². The van der Waals surface area contributed by atoms with Gasteiger partial charge in [-0.3, -0.25) is 9.69 Å². The van der Waals surface area contributed by atoms with Crippen molar-refractivity contribution in [3.63, 3.8) is 0 Å². The van der Waals surface area contributed by atoms with Crippen LogP contribution >= 0.6 is 0 Å². The number of nitrogens with zero attached hydrogens (tertiary/aromatic N) is 1. The molecule has 0 aromatic heterocycles. The lowest BCUT2D eigenvalue weighted by Gasteiger charge is -2.31. The summed E-state index contributed by atoms with van der Waals surface area (Å²) in [6.45, 7) is 3.67. The molecular weight excluding hydrogens is 472 g/mol. The Morgan fingerprint density at radius 1 is 0.842 bits per heavy atom. The molecular formula is C33H36N2O3. The summed E-state index contributed by atoms with van der Waals surface area (Å²) in [4.78, 5) is 14.5. The Kier molecular flexibility index (Phi) is 9.68. The van der Waals surface area contributed by atoms with Crippen LogP contribution in [0.3, 0.4) is 0 Å². The first-order chi connectivity index (χ1) is 18.5. The second-order valence-corrected chi connectivity index (χ2v) is 9.70. The summed E-state index contributed by atoms with van der Waals surface area (Å²) in [5.41, 5.74) is 10.1. The third-order valence-electron chi connectivity index (χ3n) is 6.84. The Labute approximate surface area is 225 Å². The van der Waals surface area contributed by atoms with Gasteiger partial charge in [0, 0.05) is 19.1 Å². The van der Waals surface area contributed by atoms with Crippen LogP contribution in [0.25, 0.3) is 0 Å². The molecule has 0 radical (unpaired) electrons. The second kappa shape index (κ2) is 13.6. The molecule has 5 nitrogen and oxygen atoms in total. The predicted molar refractivity (Wildman–Crippen MR) is 152 cm³/mol. The fourth-order valence-electron chi connectivity index (χ4n) is 4.56. The van der Waals surface area contributed by atoms with Crippen molar-refractivity contribution in [1.29, 1.82) is 0 Å². The van der Waals surface area contributed by atoms with Gasteiger partial charge in [-0.25, -0.2) is 0 Å². The predicted octanol–water partition coefficient (Wildman–Crippen LogP) is 5.92. The van der Waals surface area contributed by atoms with Gasteiger partial charge in [-0.1, -0.05) is 97.1 Å². The Bertz CT molecular complexity index is 1280. The maximum Gasteiger partial charge on any atom is 0.252 e. The molecule has 196 valence electrons. The topological polar surface area (TPSA) is 75.8 Å². The zero-order valence-corrected chi connectivity index (χ0v) is 21.9. The minimum atomic E-state index is -0.792. The molecule has 0 aliphatic carbocycles. The fourth-order valence-corrected chi connectivity index (χ4v) is 4.56. The Morgan fingerprint density at radius 2 is 1.42 bits per heavy atom. The summed E-state index contributed by atoms with van der Waals surface area (Å²) in [6.07, 6.45) is 1.13. The van der Waals surface area contributed by atoms with Crippen molar-refractivity contribution >= 4 is 5.91 Å². The number of primary amides is 1. The minimum absolute atomic E-state index is 0.231. The monoisotopic (exact) mass is 508 g/mol. The molecule has 0 fully saturated rings. The first-order valence-electron chi connectivity index (χ1n) is 13.1. The van der Waals surface area contributed by atoms with E-state index in [1.807, 2.05) is 60.7 Å². The summed E-state index contributed by atoms with van der Waals surface area (Å²) < 4.78 is 5.90. The number of nitrogens with two attached hydrogens (primary N) is 1. The molecule has 0 spiro atoms. The van der Waals surface area contributed by atoms with Crippen LogP contribution in [0.15, 0.2) is 109 Å². The molecule has 0 heterocycles.